The average molecular weight is 277 g/mol. The number of carboxylic acids is 1. The van der Waals surface area contributed by atoms with Gasteiger partial charge < -0.3 is 10.2 Å². The van der Waals surface area contributed by atoms with Crippen molar-refractivity contribution in [1.82, 2.24) is 0 Å². The lowest BCUT2D eigenvalue weighted by Gasteiger charge is -2.44. The Morgan fingerprint density at radius 3 is 2.47 bits per heavy atom. The number of alkyl halides is 1. The van der Waals surface area contributed by atoms with Crippen LogP contribution in [0, 0.1) is 10.8 Å². The van der Waals surface area contributed by atoms with Gasteiger partial charge in [0.2, 0.25) is 0 Å². The fourth-order valence-electron chi connectivity index (χ4n) is 3.57. The zero-order valence-electron chi connectivity index (χ0n) is 9.09. The zero-order valence-corrected chi connectivity index (χ0v) is 10.7. The van der Waals surface area contributed by atoms with Gasteiger partial charge in [-0.2, -0.15) is 0 Å². The largest absolute Gasteiger partial charge is 0.481 e. The monoisotopic (exact) mass is 276 g/mol. The summed E-state index contributed by atoms with van der Waals surface area (Å²) in [7, 11) is 0. The first-order valence-electron chi connectivity index (χ1n) is 5.32. The molecule has 0 radical (unpaired) electrons. The minimum absolute atomic E-state index is 0.171. The summed E-state index contributed by atoms with van der Waals surface area (Å²) in [6.45, 7) is 3.98. The number of fused-ring (bicyclic) bond motifs is 2. The molecule has 0 aliphatic heterocycles. The molecule has 0 aromatic carbocycles. The van der Waals surface area contributed by atoms with Crippen LogP contribution in [-0.4, -0.2) is 26.6 Å². The fraction of sp³-hybridized carbons (Fsp3) is 0.909. The number of hydrogen-bond acceptors (Lipinski definition) is 2. The minimum Gasteiger partial charge on any atom is -0.481 e. The molecule has 2 aliphatic carbocycles. The van der Waals surface area contributed by atoms with Gasteiger partial charge in [-0.25, -0.2) is 0 Å². The van der Waals surface area contributed by atoms with E-state index in [0.29, 0.717) is 0 Å². The Kier molecular flexibility index (Phi) is 2.26. The SMILES string of the molecule is CC1(C)[C@H](O)[C@@]2(Br)CC[C@@]1(CC(=O)O)C2. The molecule has 86 valence electrons. The van der Waals surface area contributed by atoms with Gasteiger partial charge in [-0.1, -0.05) is 29.8 Å². The van der Waals surface area contributed by atoms with Crippen molar-refractivity contribution in [3.05, 3.63) is 0 Å². The minimum atomic E-state index is -0.756. The predicted molar refractivity (Wildman–Crippen MR) is 60.0 cm³/mol. The molecule has 15 heavy (non-hydrogen) atoms. The third-order valence-electron chi connectivity index (χ3n) is 4.68. The van der Waals surface area contributed by atoms with Gasteiger partial charge in [-0.3, -0.25) is 4.79 Å². The maximum atomic E-state index is 10.9. The lowest BCUT2D eigenvalue weighted by molar-refractivity contribution is -0.143. The van der Waals surface area contributed by atoms with Gasteiger partial charge in [-0.15, -0.1) is 0 Å². The van der Waals surface area contributed by atoms with Crippen molar-refractivity contribution in [1.29, 1.82) is 0 Å². The first-order chi connectivity index (χ1) is 6.74. The van der Waals surface area contributed by atoms with Crippen molar-refractivity contribution in [2.24, 2.45) is 10.8 Å². The van der Waals surface area contributed by atoms with E-state index in [4.69, 9.17) is 5.11 Å². The molecule has 2 aliphatic rings. The standard InChI is InChI=1S/C11H17BrO3/c1-9(2)8(15)11(12)4-3-10(9,6-11)5-7(13)14/h8,15H,3-6H2,1-2H3,(H,13,14)/t8-,10+,11+/m0/s1. The van der Waals surface area contributed by atoms with Crippen LogP contribution >= 0.6 is 15.9 Å². The number of aliphatic hydroxyl groups excluding tert-OH is 1. The topological polar surface area (TPSA) is 57.5 Å². The Hall–Kier alpha value is -0.0900. The highest BCUT2D eigenvalue weighted by Gasteiger charge is 2.68. The quantitative estimate of drug-likeness (QED) is 0.760. The molecule has 2 fully saturated rings. The van der Waals surface area contributed by atoms with E-state index in [2.05, 4.69) is 15.9 Å². The highest BCUT2D eigenvalue weighted by molar-refractivity contribution is 9.10. The molecule has 0 aromatic rings. The zero-order chi connectivity index (χ0) is 11.5. The summed E-state index contributed by atoms with van der Waals surface area (Å²) in [5.41, 5.74) is -0.547. The van der Waals surface area contributed by atoms with Crippen molar-refractivity contribution >= 4 is 21.9 Å². The smallest absolute Gasteiger partial charge is 0.303 e. The van der Waals surface area contributed by atoms with Crippen molar-refractivity contribution in [3.8, 4) is 0 Å². The Balaban J connectivity index is 2.37. The molecule has 0 saturated heterocycles. The Morgan fingerprint density at radius 1 is 1.47 bits per heavy atom. The number of hydrogen-bond donors (Lipinski definition) is 2. The molecular weight excluding hydrogens is 260 g/mol. The third kappa shape index (κ3) is 1.30. The molecule has 2 rings (SSSR count). The molecule has 0 unspecified atom stereocenters. The Morgan fingerprint density at radius 2 is 2.07 bits per heavy atom. The van der Waals surface area contributed by atoms with Crippen LogP contribution in [0.15, 0.2) is 0 Å². The summed E-state index contributed by atoms with van der Waals surface area (Å²) in [6.07, 6.45) is 2.28. The van der Waals surface area contributed by atoms with Crippen LogP contribution < -0.4 is 0 Å². The van der Waals surface area contributed by atoms with Gasteiger partial charge in [0, 0.05) is 0 Å². The first kappa shape index (κ1) is 11.4. The molecular formula is C11H17BrO3. The summed E-state index contributed by atoms with van der Waals surface area (Å²) < 4.78 is -0.244. The highest BCUT2D eigenvalue weighted by atomic mass is 79.9. The fourth-order valence-corrected chi connectivity index (χ4v) is 4.88. The van der Waals surface area contributed by atoms with Crippen LogP contribution in [0.2, 0.25) is 0 Å². The summed E-state index contributed by atoms with van der Waals surface area (Å²) in [4.78, 5) is 10.9. The summed E-state index contributed by atoms with van der Waals surface area (Å²) >= 11 is 3.61. The van der Waals surface area contributed by atoms with E-state index in [-0.39, 0.29) is 21.6 Å². The second-order valence-corrected chi connectivity index (χ2v) is 7.27. The molecule has 2 saturated carbocycles. The van der Waals surface area contributed by atoms with Gasteiger partial charge in [0.15, 0.2) is 0 Å². The first-order valence-corrected chi connectivity index (χ1v) is 6.12. The van der Waals surface area contributed by atoms with Crippen molar-refractivity contribution in [2.75, 3.05) is 0 Å². The number of carbonyl (C=O) groups is 1. The van der Waals surface area contributed by atoms with E-state index in [1.165, 1.54) is 0 Å². The van der Waals surface area contributed by atoms with Gasteiger partial charge >= 0.3 is 5.97 Å². The van der Waals surface area contributed by atoms with E-state index in [1.54, 1.807) is 0 Å². The van der Waals surface area contributed by atoms with Crippen molar-refractivity contribution in [2.45, 2.75) is 50.0 Å². The molecule has 2 bridgehead atoms. The number of halogens is 1. The van der Waals surface area contributed by atoms with E-state index >= 15 is 0 Å². The van der Waals surface area contributed by atoms with Gasteiger partial charge in [0.05, 0.1) is 16.8 Å². The maximum Gasteiger partial charge on any atom is 0.303 e. The third-order valence-corrected chi connectivity index (χ3v) is 5.79. The molecule has 0 aromatic heterocycles. The Bertz CT molecular complexity index is 315. The number of rotatable bonds is 2. The number of aliphatic carboxylic acids is 1. The van der Waals surface area contributed by atoms with Crippen LogP contribution in [0.4, 0.5) is 0 Å². The second kappa shape index (κ2) is 2.98. The maximum absolute atomic E-state index is 10.9. The van der Waals surface area contributed by atoms with E-state index < -0.39 is 12.1 Å². The van der Waals surface area contributed by atoms with Crippen molar-refractivity contribution in [3.63, 3.8) is 0 Å². The van der Waals surface area contributed by atoms with Crippen LogP contribution in [-0.2, 0) is 4.79 Å². The van der Waals surface area contributed by atoms with Gasteiger partial charge in [-0.05, 0) is 30.1 Å². The molecule has 4 heteroatoms. The lowest BCUT2D eigenvalue weighted by Crippen LogP contribution is -2.46. The molecule has 0 spiro atoms. The highest BCUT2D eigenvalue weighted by Crippen LogP contribution is 2.69. The van der Waals surface area contributed by atoms with E-state index in [9.17, 15) is 9.90 Å². The normalized spacial score (nSPS) is 47.1. The molecule has 2 N–H and O–H groups in total. The van der Waals surface area contributed by atoms with E-state index in [0.717, 1.165) is 19.3 Å². The Labute approximate surface area is 98.0 Å². The summed E-state index contributed by atoms with van der Waals surface area (Å²) in [6, 6.07) is 0. The van der Waals surface area contributed by atoms with Crippen LogP contribution in [0.5, 0.6) is 0 Å². The van der Waals surface area contributed by atoms with Crippen molar-refractivity contribution < 1.29 is 15.0 Å². The van der Waals surface area contributed by atoms with Crippen LogP contribution in [0.3, 0.4) is 0 Å². The van der Waals surface area contributed by atoms with Crippen LogP contribution in [0.1, 0.15) is 39.5 Å². The lowest BCUT2D eigenvalue weighted by atomic mass is 9.62. The van der Waals surface area contributed by atoms with E-state index in [1.807, 2.05) is 13.8 Å². The molecule has 3 nitrogen and oxygen atoms in total. The summed E-state index contributed by atoms with van der Waals surface area (Å²) in [5.74, 6) is -0.756. The summed E-state index contributed by atoms with van der Waals surface area (Å²) in [5, 5.41) is 19.2. The average Bonchev–Trinajstić information content (AvgIpc) is 2.48. The number of carboxylic acid groups (broad SMARTS) is 1. The molecule has 0 heterocycles. The molecule has 3 atom stereocenters. The van der Waals surface area contributed by atoms with Crippen LogP contribution in [0.25, 0.3) is 0 Å². The second-order valence-electron chi connectivity index (χ2n) is 5.69. The number of aliphatic hydroxyl groups is 1. The molecule has 0 amide bonds. The van der Waals surface area contributed by atoms with Gasteiger partial charge in [0.1, 0.15) is 0 Å². The predicted octanol–water partition coefficient (Wildman–Crippen LogP) is 2.17. The van der Waals surface area contributed by atoms with Gasteiger partial charge in [0.25, 0.3) is 0 Å².